The van der Waals surface area contributed by atoms with Gasteiger partial charge in [0.2, 0.25) is 0 Å². The average Bonchev–Trinajstić information content (AvgIpc) is 3.42. The molecular weight excluding hydrogens is 983 g/mol. The molecule has 0 amide bonds. The number of carboxylic acids is 1. The van der Waals surface area contributed by atoms with Crippen molar-refractivity contribution in [1.29, 1.82) is 0 Å². The molecular formula is C70H123NO8. The van der Waals surface area contributed by atoms with Crippen LogP contribution in [0.5, 0.6) is 0 Å². The van der Waals surface area contributed by atoms with E-state index in [1.54, 1.807) is 0 Å². The minimum atomic E-state index is -1.62. The van der Waals surface area contributed by atoms with Gasteiger partial charge < -0.3 is 33.3 Å². The number of hydrogen-bond donors (Lipinski definition) is 0. The molecule has 0 spiro atoms. The molecule has 9 nitrogen and oxygen atoms in total. The van der Waals surface area contributed by atoms with E-state index >= 15 is 0 Å². The summed E-state index contributed by atoms with van der Waals surface area (Å²) < 4.78 is 22.8. The van der Waals surface area contributed by atoms with Gasteiger partial charge in [-0.05, 0) is 89.9 Å². The number of nitrogens with zero attached hydrogens (tertiary/aromatic N) is 1. The third kappa shape index (κ3) is 61.9. The zero-order valence-corrected chi connectivity index (χ0v) is 52.0. The van der Waals surface area contributed by atoms with Crippen molar-refractivity contribution >= 4 is 17.9 Å². The van der Waals surface area contributed by atoms with Crippen LogP contribution in [0, 0.1) is 0 Å². The van der Waals surface area contributed by atoms with Gasteiger partial charge in [0, 0.05) is 12.8 Å². The number of hydrogen-bond acceptors (Lipinski definition) is 8. The first-order valence-corrected chi connectivity index (χ1v) is 32.7. The quantitative estimate of drug-likeness (QED) is 0.0195. The van der Waals surface area contributed by atoms with Gasteiger partial charge in [-0.25, -0.2) is 0 Å². The molecule has 0 rings (SSSR count). The minimum absolute atomic E-state index is 0.145. The Balaban J connectivity index is 4.13. The maximum atomic E-state index is 12.9. The highest BCUT2D eigenvalue weighted by atomic mass is 16.7. The number of unbranched alkanes of at least 4 members (excludes halogenated alkanes) is 31. The molecule has 456 valence electrons. The number of ether oxygens (including phenoxy) is 4. The number of quaternary nitrogens is 1. The molecule has 2 unspecified atom stereocenters. The first-order valence-electron chi connectivity index (χ1n) is 32.7. The number of carbonyl (C=O) groups excluding carboxylic acids is 3. The number of aliphatic carboxylic acids is 1. The van der Waals surface area contributed by atoms with E-state index in [-0.39, 0.29) is 38.6 Å². The molecule has 0 heterocycles. The van der Waals surface area contributed by atoms with Crippen LogP contribution < -0.4 is 5.11 Å². The molecule has 0 saturated heterocycles. The summed E-state index contributed by atoms with van der Waals surface area (Å²) in [6.45, 7) is 4.64. The molecule has 0 aromatic carbocycles. The fourth-order valence-electron chi connectivity index (χ4n) is 9.12. The van der Waals surface area contributed by atoms with Crippen molar-refractivity contribution in [2.75, 3.05) is 47.5 Å². The van der Waals surface area contributed by atoms with Crippen molar-refractivity contribution in [1.82, 2.24) is 0 Å². The summed E-state index contributed by atoms with van der Waals surface area (Å²) >= 11 is 0. The van der Waals surface area contributed by atoms with Gasteiger partial charge in [0.25, 0.3) is 0 Å². The second-order valence-electron chi connectivity index (χ2n) is 23.0. The fraction of sp³-hybridized carbons (Fsp3) is 0.757. The summed E-state index contributed by atoms with van der Waals surface area (Å²) in [6.07, 6.45) is 77.9. The lowest BCUT2D eigenvalue weighted by Gasteiger charge is -2.26. The summed E-state index contributed by atoms with van der Waals surface area (Å²) in [6, 6.07) is 0. The lowest BCUT2D eigenvalue weighted by atomic mass is 10.0. The Morgan fingerprint density at radius 3 is 1.08 bits per heavy atom. The van der Waals surface area contributed by atoms with Crippen LogP contribution in [-0.2, 0) is 33.3 Å². The third-order valence-corrected chi connectivity index (χ3v) is 14.1. The lowest BCUT2D eigenvalue weighted by molar-refractivity contribution is -0.870. The van der Waals surface area contributed by atoms with Crippen molar-refractivity contribution in [2.45, 2.75) is 296 Å². The van der Waals surface area contributed by atoms with Crippen LogP contribution in [0.25, 0.3) is 0 Å². The molecule has 0 saturated carbocycles. The normalized spacial score (nSPS) is 13.3. The molecule has 79 heavy (non-hydrogen) atoms. The van der Waals surface area contributed by atoms with Gasteiger partial charge in [0.15, 0.2) is 12.4 Å². The molecule has 0 radical (unpaired) electrons. The largest absolute Gasteiger partial charge is 0.545 e. The molecule has 0 fully saturated rings. The first-order chi connectivity index (χ1) is 38.6. The van der Waals surface area contributed by atoms with Gasteiger partial charge >= 0.3 is 11.9 Å². The van der Waals surface area contributed by atoms with Crippen molar-refractivity contribution in [2.24, 2.45) is 0 Å². The summed E-state index contributed by atoms with van der Waals surface area (Å²) in [7, 11) is 5.93. The van der Waals surface area contributed by atoms with Crippen LogP contribution in [0.3, 0.4) is 0 Å². The van der Waals surface area contributed by atoms with Crippen molar-refractivity contribution < 1.29 is 42.9 Å². The molecule has 0 aliphatic carbocycles. The SMILES string of the molecule is CC/C=C\C/C=C\C/C=C\C/C=C\C/C=C\CCCCCCCCCCCCCCCCCCCC(=O)OC(COC(=O)CCCCCCCCCCC/C=C\C/C=C\CCCCCCC)COC(OCC[N+](C)(C)C)C(=O)[O-]. The number of likely N-dealkylation sites (N-methyl/N-ethyl adjacent to an activating group) is 1. The van der Waals surface area contributed by atoms with Gasteiger partial charge in [0.1, 0.15) is 13.2 Å². The van der Waals surface area contributed by atoms with Gasteiger partial charge in [-0.3, -0.25) is 9.59 Å². The predicted octanol–water partition coefficient (Wildman–Crippen LogP) is 18.6. The lowest BCUT2D eigenvalue weighted by Crippen LogP contribution is -2.44. The molecule has 0 aromatic rings. The fourth-order valence-corrected chi connectivity index (χ4v) is 9.12. The number of carbonyl (C=O) groups is 3. The second kappa shape index (κ2) is 60.6. The zero-order chi connectivity index (χ0) is 57.6. The Labute approximate surface area is 487 Å². The molecule has 0 aromatic heterocycles. The first kappa shape index (κ1) is 75.5. The van der Waals surface area contributed by atoms with E-state index in [0.29, 0.717) is 17.4 Å². The molecule has 0 N–H and O–H groups in total. The van der Waals surface area contributed by atoms with Crippen LogP contribution in [0.1, 0.15) is 284 Å². The van der Waals surface area contributed by atoms with Crippen LogP contribution in [0.2, 0.25) is 0 Å². The standard InChI is InChI=1S/C70H123NO8/c1-6-8-10-12-14-16-18-20-22-24-26-28-29-30-31-32-33-34-35-36-37-38-39-41-43-45-47-49-51-53-55-57-59-61-68(73)79-66(65-78-70(69(74)75)76-63-62-71(3,4)5)64-77-67(72)60-58-56-54-52-50-48-46-44-42-40-27-25-23-21-19-17-15-13-11-9-7-2/h8,10,14,16,19-22,25-28,30-31,66,70H,6-7,9,11-13,15,17-18,23-24,29,32-65H2,1-5H3/b10-8-,16-14-,21-19-,22-20-,27-25-,28-26-,31-30-. The van der Waals surface area contributed by atoms with Gasteiger partial charge in [-0.2, -0.15) is 0 Å². The van der Waals surface area contributed by atoms with E-state index in [2.05, 4.69) is 98.9 Å². The number of allylic oxidation sites excluding steroid dienone is 14. The molecule has 2 atom stereocenters. The van der Waals surface area contributed by atoms with E-state index in [1.165, 1.54) is 180 Å². The summed E-state index contributed by atoms with van der Waals surface area (Å²) in [5.74, 6) is -2.28. The van der Waals surface area contributed by atoms with Crippen molar-refractivity contribution in [3.63, 3.8) is 0 Å². The number of esters is 2. The Morgan fingerprint density at radius 1 is 0.392 bits per heavy atom. The van der Waals surface area contributed by atoms with Crippen LogP contribution in [0.15, 0.2) is 85.1 Å². The van der Waals surface area contributed by atoms with E-state index < -0.39 is 24.3 Å². The van der Waals surface area contributed by atoms with Crippen molar-refractivity contribution in [3.05, 3.63) is 85.1 Å². The van der Waals surface area contributed by atoms with Gasteiger partial charge in [-0.15, -0.1) is 0 Å². The van der Waals surface area contributed by atoms with E-state index in [9.17, 15) is 19.5 Å². The Bertz CT molecular complexity index is 1570. The Kier molecular flexibility index (Phi) is 57.9. The van der Waals surface area contributed by atoms with Gasteiger partial charge in [-0.1, -0.05) is 266 Å². The summed E-state index contributed by atoms with van der Waals surface area (Å²) in [4.78, 5) is 37.4. The molecule has 0 aliphatic heterocycles. The van der Waals surface area contributed by atoms with Crippen LogP contribution in [-0.4, -0.2) is 82.3 Å². The van der Waals surface area contributed by atoms with Crippen molar-refractivity contribution in [3.8, 4) is 0 Å². The van der Waals surface area contributed by atoms with E-state index in [0.717, 1.165) is 70.6 Å². The maximum absolute atomic E-state index is 12.9. The highest BCUT2D eigenvalue weighted by Crippen LogP contribution is 2.17. The highest BCUT2D eigenvalue weighted by molar-refractivity contribution is 5.70. The van der Waals surface area contributed by atoms with Crippen LogP contribution >= 0.6 is 0 Å². The maximum Gasteiger partial charge on any atom is 0.306 e. The molecule has 9 heteroatoms. The summed E-state index contributed by atoms with van der Waals surface area (Å²) in [5, 5.41) is 11.8. The monoisotopic (exact) mass is 1110 g/mol. The number of carboxylic acid groups (broad SMARTS) is 1. The number of rotatable bonds is 60. The third-order valence-electron chi connectivity index (χ3n) is 14.1. The zero-order valence-electron chi connectivity index (χ0n) is 52.0. The summed E-state index contributed by atoms with van der Waals surface area (Å²) in [5.41, 5.74) is 0. The topological polar surface area (TPSA) is 111 Å². The predicted molar refractivity (Wildman–Crippen MR) is 334 cm³/mol. The average molecular weight is 1110 g/mol. The second-order valence-corrected chi connectivity index (χ2v) is 23.0. The molecule has 0 bridgehead atoms. The molecule has 0 aliphatic rings. The van der Waals surface area contributed by atoms with Crippen LogP contribution in [0.4, 0.5) is 0 Å². The Hall–Kier alpha value is -3.53. The Morgan fingerprint density at radius 2 is 0.722 bits per heavy atom. The van der Waals surface area contributed by atoms with E-state index in [4.69, 9.17) is 18.9 Å². The smallest absolute Gasteiger partial charge is 0.306 e. The van der Waals surface area contributed by atoms with Gasteiger partial charge in [0.05, 0.1) is 40.3 Å². The highest BCUT2D eigenvalue weighted by Gasteiger charge is 2.22. The van der Waals surface area contributed by atoms with E-state index in [1.807, 2.05) is 21.1 Å². The minimum Gasteiger partial charge on any atom is -0.545 e.